The molecule has 0 saturated carbocycles. The largest absolute Gasteiger partial charge is 0.299 e. The number of ketones is 3. The molecule has 0 aliphatic heterocycles. The summed E-state index contributed by atoms with van der Waals surface area (Å²) in [7, 11) is 0. The van der Waals surface area contributed by atoms with E-state index in [1.807, 2.05) is 47.6 Å². The molecular weight excluding hydrogens is 264 g/mol. The zero-order valence-electron chi connectivity index (χ0n) is 14.3. The molecule has 0 aliphatic carbocycles. The first kappa shape index (κ1) is 19.8. The lowest BCUT2D eigenvalue weighted by molar-refractivity contribution is -0.129. The van der Waals surface area contributed by atoms with E-state index < -0.39 is 0 Å². The summed E-state index contributed by atoms with van der Waals surface area (Å²) in [4.78, 5) is 35.2. The van der Waals surface area contributed by atoms with Gasteiger partial charge in [0.25, 0.3) is 0 Å². The van der Waals surface area contributed by atoms with Crippen LogP contribution < -0.4 is 0 Å². The molecule has 0 aromatic rings. The van der Waals surface area contributed by atoms with Gasteiger partial charge in [-0.15, -0.1) is 0 Å². The molecular formula is C18H30O3. The molecule has 0 radical (unpaired) electrons. The van der Waals surface area contributed by atoms with Gasteiger partial charge in [0.2, 0.25) is 0 Å². The molecule has 0 amide bonds. The average Bonchev–Trinajstić information content (AvgIpc) is 2.37. The van der Waals surface area contributed by atoms with E-state index in [4.69, 9.17) is 0 Å². The highest BCUT2D eigenvalue weighted by molar-refractivity contribution is 5.91. The number of carbonyl (C=O) groups excluding carboxylic acids is 3. The molecule has 120 valence electrons. The van der Waals surface area contributed by atoms with Crippen molar-refractivity contribution in [1.82, 2.24) is 0 Å². The minimum Gasteiger partial charge on any atom is -0.299 e. The van der Waals surface area contributed by atoms with Crippen LogP contribution in [0.5, 0.6) is 0 Å². The van der Waals surface area contributed by atoms with Gasteiger partial charge >= 0.3 is 0 Å². The number of hydrogen-bond acceptors (Lipinski definition) is 3. The van der Waals surface area contributed by atoms with Gasteiger partial charge in [-0.05, 0) is 18.4 Å². The van der Waals surface area contributed by atoms with Crippen LogP contribution in [0.15, 0.2) is 12.2 Å². The summed E-state index contributed by atoms with van der Waals surface area (Å²) in [5.74, 6) is 0.396. The van der Waals surface area contributed by atoms with E-state index in [-0.39, 0.29) is 41.0 Å². The van der Waals surface area contributed by atoms with Gasteiger partial charge in [-0.3, -0.25) is 14.4 Å². The van der Waals surface area contributed by atoms with Crippen LogP contribution in [-0.4, -0.2) is 17.3 Å². The quantitative estimate of drug-likeness (QED) is 0.572. The Kier molecular flexibility index (Phi) is 9.07. The van der Waals surface area contributed by atoms with Crippen molar-refractivity contribution in [2.24, 2.45) is 23.7 Å². The van der Waals surface area contributed by atoms with E-state index in [1.54, 1.807) is 6.08 Å². The zero-order valence-corrected chi connectivity index (χ0v) is 14.3. The molecule has 0 heterocycles. The first-order chi connectivity index (χ1) is 9.65. The van der Waals surface area contributed by atoms with Crippen LogP contribution in [0.1, 0.15) is 60.8 Å². The lowest BCUT2D eigenvalue weighted by atomic mass is 9.89. The van der Waals surface area contributed by atoms with Crippen molar-refractivity contribution in [2.75, 3.05) is 0 Å². The lowest BCUT2D eigenvalue weighted by Gasteiger charge is -2.14. The molecule has 0 fully saturated rings. The molecule has 0 bridgehead atoms. The highest BCUT2D eigenvalue weighted by Crippen LogP contribution is 2.17. The van der Waals surface area contributed by atoms with Gasteiger partial charge in [-0.1, -0.05) is 47.6 Å². The third-order valence-electron chi connectivity index (χ3n) is 3.64. The van der Waals surface area contributed by atoms with Crippen molar-refractivity contribution in [3.05, 3.63) is 12.2 Å². The Morgan fingerprint density at radius 1 is 0.810 bits per heavy atom. The number of rotatable bonds is 10. The van der Waals surface area contributed by atoms with Crippen molar-refractivity contribution in [3.8, 4) is 0 Å². The van der Waals surface area contributed by atoms with Crippen LogP contribution in [0.25, 0.3) is 0 Å². The Bertz CT molecular complexity index is 391. The Morgan fingerprint density at radius 3 is 1.86 bits per heavy atom. The molecule has 3 heteroatoms. The van der Waals surface area contributed by atoms with Gasteiger partial charge in [0.15, 0.2) is 5.78 Å². The minimum absolute atomic E-state index is 0.0114. The van der Waals surface area contributed by atoms with Crippen molar-refractivity contribution in [3.63, 3.8) is 0 Å². The van der Waals surface area contributed by atoms with E-state index in [0.29, 0.717) is 12.8 Å². The van der Waals surface area contributed by atoms with Crippen LogP contribution in [-0.2, 0) is 14.4 Å². The normalized spacial score (nSPS) is 14.7. The average molecular weight is 294 g/mol. The SMILES string of the molecule is CC(C/C=C/C(=O)C(C)C)CC(=O)C(C)CC(=O)C(C)C. The standard InChI is InChI=1S/C18H30O3/c1-12(2)16(19)9-7-8-14(5)10-18(21)15(6)11-17(20)13(3)4/h7,9,12-15H,8,10-11H2,1-6H3/b9-7+. The highest BCUT2D eigenvalue weighted by Gasteiger charge is 2.20. The minimum atomic E-state index is -0.205. The topological polar surface area (TPSA) is 51.2 Å². The molecule has 0 aromatic carbocycles. The van der Waals surface area contributed by atoms with Gasteiger partial charge in [0.05, 0.1) is 0 Å². The van der Waals surface area contributed by atoms with Crippen molar-refractivity contribution >= 4 is 17.3 Å². The molecule has 3 nitrogen and oxygen atoms in total. The maximum absolute atomic E-state index is 12.1. The predicted molar refractivity (Wildman–Crippen MR) is 86.0 cm³/mol. The molecule has 0 saturated heterocycles. The first-order valence-electron chi connectivity index (χ1n) is 7.90. The maximum atomic E-state index is 12.1. The fourth-order valence-electron chi connectivity index (χ4n) is 1.89. The third-order valence-corrected chi connectivity index (χ3v) is 3.64. The van der Waals surface area contributed by atoms with E-state index in [2.05, 4.69) is 0 Å². The molecule has 0 N–H and O–H groups in total. The van der Waals surface area contributed by atoms with Gasteiger partial charge < -0.3 is 0 Å². The smallest absolute Gasteiger partial charge is 0.157 e. The van der Waals surface area contributed by atoms with Gasteiger partial charge in [0, 0.05) is 30.6 Å². The van der Waals surface area contributed by atoms with Gasteiger partial charge in [0.1, 0.15) is 11.6 Å². The molecule has 0 aliphatic rings. The van der Waals surface area contributed by atoms with E-state index in [1.165, 1.54) is 0 Å². The van der Waals surface area contributed by atoms with E-state index >= 15 is 0 Å². The second-order valence-electron chi connectivity index (χ2n) is 6.70. The first-order valence-corrected chi connectivity index (χ1v) is 7.90. The van der Waals surface area contributed by atoms with Crippen LogP contribution in [0.4, 0.5) is 0 Å². The summed E-state index contributed by atoms with van der Waals surface area (Å²) in [6, 6.07) is 0. The summed E-state index contributed by atoms with van der Waals surface area (Å²) in [6.45, 7) is 11.3. The van der Waals surface area contributed by atoms with E-state index in [0.717, 1.165) is 6.42 Å². The van der Waals surface area contributed by atoms with Crippen molar-refractivity contribution < 1.29 is 14.4 Å². The molecule has 21 heavy (non-hydrogen) atoms. The second kappa shape index (κ2) is 9.64. The van der Waals surface area contributed by atoms with Crippen molar-refractivity contribution in [2.45, 2.75) is 60.8 Å². The Morgan fingerprint density at radius 2 is 1.38 bits per heavy atom. The molecule has 0 rings (SSSR count). The van der Waals surface area contributed by atoms with Crippen LogP contribution in [0, 0.1) is 23.7 Å². The van der Waals surface area contributed by atoms with Crippen molar-refractivity contribution in [1.29, 1.82) is 0 Å². The summed E-state index contributed by atoms with van der Waals surface area (Å²) < 4.78 is 0. The fraction of sp³-hybridized carbons (Fsp3) is 0.722. The third kappa shape index (κ3) is 8.59. The van der Waals surface area contributed by atoms with Gasteiger partial charge in [-0.2, -0.15) is 0 Å². The van der Waals surface area contributed by atoms with Crippen LogP contribution in [0.2, 0.25) is 0 Å². The monoisotopic (exact) mass is 294 g/mol. The molecule has 0 aromatic heterocycles. The van der Waals surface area contributed by atoms with E-state index in [9.17, 15) is 14.4 Å². The Balaban J connectivity index is 4.20. The Hall–Kier alpha value is -1.25. The predicted octanol–water partition coefficient (Wildman–Crippen LogP) is 4.00. The number of allylic oxidation sites excluding steroid dienone is 2. The fourth-order valence-corrected chi connectivity index (χ4v) is 1.89. The summed E-state index contributed by atoms with van der Waals surface area (Å²) in [5, 5.41) is 0. The number of Topliss-reactive ketones (excluding diaryl/α,β-unsaturated/α-hetero) is 2. The summed E-state index contributed by atoms with van der Waals surface area (Å²) >= 11 is 0. The maximum Gasteiger partial charge on any atom is 0.157 e. The Labute approximate surface area is 129 Å². The highest BCUT2D eigenvalue weighted by atomic mass is 16.1. The number of carbonyl (C=O) groups is 3. The molecule has 0 spiro atoms. The van der Waals surface area contributed by atoms with Crippen LogP contribution >= 0.6 is 0 Å². The lowest BCUT2D eigenvalue weighted by Crippen LogP contribution is -2.20. The second-order valence-corrected chi connectivity index (χ2v) is 6.70. The summed E-state index contributed by atoms with van der Waals surface area (Å²) in [6.07, 6.45) is 4.98. The zero-order chi connectivity index (χ0) is 16.6. The van der Waals surface area contributed by atoms with Crippen LogP contribution in [0.3, 0.4) is 0 Å². The molecule has 2 atom stereocenters. The van der Waals surface area contributed by atoms with Gasteiger partial charge in [-0.25, -0.2) is 0 Å². The molecule has 2 unspecified atom stereocenters. The number of hydrogen-bond donors (Lipinski definition) is 0. The summed E-state index contributed by atoms with van der Waals surface area (Å²) in [5.41, 5.74) is 0.